The van der Waals surface area contributed by atoms with Gasteiger partial charge < -0.3 is 14.5 Å². The first kappa shape index (κ1) is 21.2. The number of hydrogen-bond donors (Lipinski definition) is 0. The number of aryl methyl sites for hydroxylation is 3. The van der Waals surface area contributed by atoms with Gasteiger partial charge in [0.2, 0.25) is 0 Å². The third kappa shape index (κ3) is 5.10. The normalized spacial score (nSPS) is 14.5. The van der Waals surface area contributed by atoms with E-state index in [9.17, 15) is 9.59 Å². The molecule has 3 rings (SSSR count). The smallest absolute Gasteiger partial charge is 0.260 e. The molecule has 0 N–H and O–H groups in total. The zero-order valence-corrected chi connectivity index (χ0v) is 18.0. The molecule has 2 aromatic rings. The zero-order valence-electron chi connectivity index (χ0n) is 17.2. The molecule has 2 amide bonds. The molecule has 29 heavy (non-hydrogen) atoms. The van der Waals surface area contributed by atoms with Crippen LogP contribution in [0.3, 0.4) is 0 Å². The number of carbonyl (C=O) groups excluding carboxylic acids is 2. The molecule has 6 heteroatoms. The van der Waals surface area contributed by atoms with Crippen LogP contribution in [0.25, 0.3) is 0 Å². The lowest BCUT2D eigenvalue weighted by molar-refractivity contribution is -0.133. The summed E-state index contributed by atoms with van der Waals surface area (Å²) in [6.07, 6.45) is 0.753. The molecule has 0 atom stereocenters. The van der Waals surface area contributed by atoms with Gasteiger partial charge in [0.15, 0.2) is 6.61 Å². The van der Waals surface area contributed by atoms with Crippen LogP contribution in [0.1, 0.15) is 33.5 Å². The van der Waals surface area contributed by atoms with Crippen molar-refractivity contribution in [3.05, 3.63) is 63.7 Å². The summed E-state index contributed by atoms with van der Waals surface area (Å²) in [6, 6.07) is 11.3. The molecule has 1 aliphatic heterocycles. The van der Waals surface area contributed by atoms with Gasteiger partial charge in [-0.1, -0.05) is 29.8 Å². The van der Waals surface area contributed by atoms with Gasteiger partial charge in [0.05, 0.1) is 0 Å². The molecular weight excluding hydrogens is 388 g/mol. The standard InChI is InChI=1S/C23H27ClN2O3/c1-16-7-4-5-8-20(16)23(28)26-10-6-9-25(11-12-26)21(27)15-29-19-13-17(2)22(24)18(3)14-19/h4-5,7-8,13-14H,6,9-12,15H2,1-3H3. The monoisotopic (exact) mass is 414 g/mol. The van der Waals surface area contributed by atoms with E-state index in [1.807, 2.05) is 62.1 Å². The SMILES string of the molecule is Cc1ccccc1C(=O)N1CCCN(C(=O)COc2cc(C)c(Cl)c(C)c2)CC1. The van der Waals surface area contributed by atoms with Gasteiger partial charge in [-0.25, -0.2) is 0 Å². The number of rotatable bonds is 4. The molecule has 0 spiro atoms. The molecule has 154 valence electrons. The Morgan fingerprint density at radius 3 is 2.24 bits per heavy atom. The van der Waals surface area contributed by atoms with Gasteiger partial charge in [0.25, 0.3) is 11.8 Å². The van der Waals surface area contributed by atoms with Crippen LogP contribution in [0.4, 0.5) is 0 Å². The maximum atomic E-state index is 12.8. The van der Waals surface area contributed by atoms with Crippen LogP contribution in [0.5, 0.6) is 5.75 Å². The molecule has 0 bridgehead atoms. The first-order valence-corrected chi connectivity index (χ1v) is 10.3. The molecule has 1 fully saturated rings. The molecular formula is C23H27ClN2O3. The summed E-state index contributed by atoms with van der Waals surface area (Å²) in [4.78, 5) is 29.1. The van der Waals surface area contributed by atoms with Crippen LogP contribution in [0.2, 0.25) is 5.02 Å². The van der Waals surface area contributed by atoms with E-state index in [2.05, 4.69) is 0 Å². The predicted molar refractivity (Wildman–Crippen MR) is 115 cm³/mol. The number of nitrogens with zero attached hydrogens (tertiary/aromatic N) is 2. The predicted octanol–water partition coefficient (Wildman–Crippen LogP) is 4.02. The topological polar surface area (TPSA) is 49.9 Å². The Labute approximate surface area is 177 Å². The van der Waals surface area contributed by atoms with Crippen LogP contribution < -0.4 is 4.74 Å². The van der Waals surface area contributed by atoms with Crippen molar-refractivity contribution in [3.63, 3.8) is 0 Å². The fourth-order valence-corrected chi connectivity index (χ4v) is 3.69. The number of amides is 2. The number of halogens is 1. The molecule has 0 aliphatic carbocycles. The fraction of sp³-hybridized carbons (Fsp3) is 0.391. The van der Waals surface area contributed by atoms with Gasteiger partial charge in [-0.2, -0.15) is 0 Å². The van der Waals surface area contributed by atoms with Crippen molar-refractivity contribution in [1.29, 1.82) is 0 Å². The number of ether oxygens (including phenoxy) is 1. The second kappa shape index (κ2) is 9.31. The van der Waals surface area contributed by atoms with Crippen LogP contribution in [-0.4, -0.2) is 54.4 Å². The lowest BCUT2D eigenvalue weighted by Crippen LogP contribution is -2.39. The van der Waals surface area contributed by atoms with Crippen molar-refractivity contribution in [2.45, 2.75) is 27.2 Å². The van der Waals surface area contributed by atoms with Crippen molar-refractivity contribution >= 4 is 23.4 Å². The van der Waals surface area contributed by atoms with Gasteiger partial charge in [0, 0.05) is 36.8 Å². The maximum absolute atomic E-state index is 12.8. The summed E-state index contributed by atoms with van der Waals surface area (Å²) in [6.45, 7) is 8.06. The highest BCUT2D eigenvalue weighted by molar-refractivity contribution is 6.32. The zero-order chi connectivity index (χ0) is 21.0. The summed E-state index contributed by atoms with van der Waals surface area (Å²) < 4.78 is 5.71. The Kier molecular flexibility index (Phi) is 6.80. The number of hydrogen-bond acceptors (Lipinski definition) is 3. The van der Waals surface area contributed by atoms with Crippen LogP contribution in [0, 0.1) is 20.8 Å². The lowest BCUT2D eigenvalue weighted by atomic mass is 10.1. The molecule has 0 unspecified atom stereocenters. The van der Waals surface area contributed by atoms with Crippen molar-refractivity contribution < 1.29 is 14.3 Å². The Balaban J connectivity index is 1.57. The van der Waals surface area contributed by atoms with Gasteiger partial charge >= 0.3 is 0 Å². The minimum Gasteiger partial charge on any atom is -0.484 e. The molecule has 0 radical (unpaired) electrons. The maximum Gasteiger partial charge on any atom is 0.260 e. The van der Waals surface area contributed by atoms with Gasteiger partial charge in [0.1, 0.15) is 5.75 Å². The third-order valence-corrected chi connectivity index (χ3v) is 5.88. The third-order valence-electron chi connectivity index (χ3n) is 5.28. The Morgan fingerprint density at radius 2 is 1.55 bits per heavy atom. The minimum atomic E-state index is -0.0690. The molecule has 0 saturated carbocycles. The van der Waals surface area contributed by atoms with Crippen molar-refractivity contribution in [1.82, 2.24) is 9.80 Å². The van der Waals surface area contributed by atoms with E-state index in [1.165, 1.54) is 0 Å². The Morgan fingerprint density at radius 1 is 0.931 bits per heavy atom. The molecule has 2 aromatic carbocycles. The van der Waals surface area contributed by atoms with E-state index in [-0.39, 0.29) is 18.4 Å². The summed E-state index contributed by atoms with van der Waals surface area (Å²) in [5, 5.41) is 0.717. The van der Waals surface area contributed by atoms with E-state index in [1.54, 1.807) is 4.90 Å². The van der Waals surface area contributed by atoms with Crippen molar-refractivity contribution in [2.24, 2.45) is 0 Å². The van der Waals surface area contributed by atoms with Gasteiger partial charge in [-0.15, -0.1) is 0 Å². The van der Waals surface area contributed by atoms with E-state index < -0.39 is 0 Å². The molecule has 1 heterocycles. The van der Waals surface area contributed by atoms with Crippen molar-refractivity contribution in [3.8, 4) is 5.75 Å². The second-order valence-corrected chi connectivity index (χ2v) is 7.88. The molecule has 1 aliphatic rings. The number of benzene rings is 2. The highest BCUT2D eigenvalue weighted by Gasteiger charge is 2.23. The van der Waals surface area contributed by atoms with E-state index in [4.69, 9.17) is 16.3 Å². The van der Waals surface area contributed by atoms with Crippen LogP contribution >= 0.6 is 11.6 Å². The average Bonchev–Trinajstić information content (AvgIpc) is 2.96. The summed E-state index contributed by atoms with van der Waals surface area (Å²) in [7, 11) is 0. The van der Waals surface area contributed by atoms with E-state index in [0.717, 1.165) is 33.7 Å². The highest BCUT2D eigenvalue weighted by atomic mass is 35.5. The highest BCUT2D eigenvalue weighted by Crippen LogP contribution is 2.26. The first-order valence-electron chi connectivity index (χ1n) is 9.89. The van der Waals surface area contributed by atoms with Gasteiger partial charge in [-0.05, 0) is 62.1 Å². The second-order valence-electron chi connectivity index (χ2n) is 7.50. The quantitative estimate of drug-likeness (QED) is 0.759. The molecule has 0 aromatic heterocycles. The largest absolute Gasteiger partial charge is 0.484 e. The van der Waals surface area contributed by atoms with Crippen molar-refractivity contribution in [2.75, 3.05) is 32.8 Å². The molecule has 5 nitrogen and oxygen atoms in total. The van der Waals surface area contributed by atoms with Crippen LogP contribution in [-0.2, 0) is 4.79 Å². The van der Waals surface area contributed by atoms with E-state index >= 15 is 0 Å². The Bertz CT molecular complexity index is 890. The average molecular weight is 415 g/mol. The fourth-order valence-electron chi connectivity index (χ4n) is 3.58. The van der Waals surface area contributed by atoms with E-state index in [0.29, 0.717) is 31.9 Å². The van der Waals surface area contributed by atoms with Crippen LogP contribution in [0.15, 0.2) is 36.4 Å². The molecule has 1 saturated heterocycles. The summed E-state index contributed by atoms with van der Waals surface area (Å²) >= 11 is 6.18. The summed E-state index contributed by atoms with van der Waals surface area (Å²) in [5.41, 5.74) is 3.55. The summed E-state index contributed by atoms with van der Waals surface area (Å²) in [5.74, 6) is 0.602. The number of carbonyl (C=O) groups is 2. The Hall–Kier alpha value is -2.53. The first-order chi connectivity index (χ1) is 13.9. The van der Waals surface area contributed by atoms with Gasteiger partial charge in [-0.3, -0.25) is 9.59 Å². The minimum absolute atomic E-state index is 0.0216. The lowest BCUT2D eigenvalue weighted by Gasteiger charge is -2.23.